The van der Waals surface area contributed by atoms with Gasteiger partial charge in [0.05, 0.1) is 34.8 Å². The molecule has 1 aliphatic heterocycles. The van der Waals surface area contributed by atoms with Crippen LogP contribution in [-0.4, -0.2) is 42.2 Å². The monoisotopic (exact) mass is 581 g/mol. The lowest BCUT2D eigenvalue weighted by Gasteiger charge is -2.17. The van der Waals surface area contributed by atoms with E-state index in [1.54, 1.807) is 24.0 Å². The molecular weight excluding hydrogens is 557 g/mol. The number of esters is 1. The number of benzene rings is 2. The molecule has 3 aromatic rings. The van der Waals surface area contributed by atoms with E-state index in [-0.39, 0.29) is 34.4 Å². The number of hydrogen-bond donors (Lipinski definition) is 2. The van der Waals surface area contributed by atoms with Crippen molar-refractivity contribution in [3.8, 4) is 0 Å². The molecule has 40 heavy (non-hydrogen) atoms. The summed E-state index contributed by atoms with van der Waals surface area (Å²) in [5, 5.41) is 5.44. The first kappa shape index (κ1) is 28.7. The standard InChI is InChI=1S/C29H25Cl2N3O6/c1-17-25(29(38)39-2)22(28(37)34(17)13-12-18-6-4-3-5-7-18)15-20-9-10-21(40-20)16-32-26(35)27(36)33-19-8-11-23(30)24(31)14-19/h3-11,14-15H,12-13,16H2,1-2H3,(H,32,35)(H,33,36)/b22-15+. The van der Waals surface area contributed by atoms with Crippen LogP contribution in [0.15, 0.2) is 81.9 Å². The van der Waals surface area contributed by atoms with E-state index in [0.29, 0.717) is 35.1 Å². The minimum atomic E-state index is -0.900. The van der Waals surface area contributed by atoms with E-state index in [9.17, 15) is 19.2 Å². The van der Waals surface area contributed by atoms with E-state index in [2.05, 4.69) is 10.6 Å². The summed E-state index contributed by atoms with van der Waals surface area (Å²) in [5.41, 5.74) is 2.16. The first-order valence-corrected chi connectivity index (χ1v) is 12.9. The number of furan rings is 1. The average molecular weight is 582 g/mol. The first-order valence-electron chi connectivity index (χ1n) is 12.2. The van der Waals surface area contributed by atoms with Gasteiger partial charge in [0.2, 0.25) is 0 Å². The predicted octanol–water partition coefficient (Wildman–Crippen LogP) is 4.76. The van der Waals surface area contributed by atoms with Gasteiger partial charge in [-0.3, -0.25) is 14.4 Å². The molecule has 0 bridgehead atoms. The maximum absolute atomic E-state index is 13.3. The minimum absolute atomic E-state index is 0.0906. The Kier molecular flexibility index (Phi) is 9.08. The van der Waals surface area contributed by atoms with Crippen LogP contribution in [0.25, 0.3) is 6.08 Å². The highest BCUT2D eigenvalue weighted by Crippen LogP contribution is 2.32. The maximum Gasteiger partial charge on any atom is 0.340 e. The van der Waals surface area contributed by atoms with Gasteiger partial charge >= 0.3 is 17.8 Å². The van der Waals surface area contributed by atoms with Gasteiger partial charge < -0.3 is 24.7 Å². The second-order valence-electron chi connectivity index (χ2n) is 8.77. The lowest BCUT2D eigenvalue weighted by Crippen LogP contribution is -2.34. The highest BCUT2D eigenvalue weighted by atomic mass is 35.5. The third-order valence-corrected chi connectivity index (χ3v) is 6.88. The Morgan fingerprint density at radius 2 is 1.75 bits per heavy atom. The van der Waals surface area contributed by atoms with Crippen LogP contribution in [0.5, 0.6) is 0 Å². The Bertz CT molecular complexity index is 1530. The first-order chi connectivity index (χ1) is 19.2. The van der Waals surface area contributed by atoms with Gasteiger partial charge in [-0.05, 0) is 55.3 Å². The number of halogens is 2. The van der Waals surface area contributed by atoms with E-state index in [1.807, 2.05) is 30.3 Å². The highest BCUT2D eigenvalue weighted by Gasteiger charge is 2.37. The van der Waals surface area contributed by atoms with E-state index >= 15 is 0 Å². The molecule has 11 heteroatoms. The van der Waals surface area contributed by atoms with Crippen LogP contribution < -0.4 is 10.6 Å². The molecule has 2 N–H and O–H groups in total. The number of amides is 3. The number of anilines is 1. The van der Waals surface area contributed by atoms with Crippen molar-refractivity contribution in [1.29, 1.82) is 0 Å². The van der Waals surface area contributed by atoms with Crippen LogP contribution >= 0.6 is 23.2 Å². The van der Waals surface area contributed by atoms with Crippen LogP contribution in [0.4, 0.5) is 5.69 Å². The molecule has 1 aliphatic rings. The van der Waals surface area contributed by atoms with Crippen LogP contribution in [0.2, 0.25) is 10.0 Å². The molecule has 0 aliphatic carbocycles. The number of carbonyl (C=O) groups is 4. The molecule has 1 aromatic heterocycles. The highest BCUT2D eigenvalue weighted by molar-refractivity contribution is 6.43. The number of rotatable bonds is 8. The number of nitrogens with zero attached hydrogens (tertiary/aromatic N) is 1. The largest absolute Gasteiger partial charge is 0.465 e. The molecule has 0 saturated carbocycles. The summed E-state index contributed by atoms with van der Waals surface area (Å²) in [6.07, 6.45) is 2.07. The smallest absolute Gasteiger partial charge is 0.340 e. The second-order valence-corrected chi connectivity index (χ2v) is 9.59. The van der Waals surface area contributed by atoms with E-state index in [4.69, 9.17) is 32.4 Å². The van der Waals surface area contributed by atoms with Gasteiger partial charge in [-0.25, -0.2) is 4.79 Å². The summed E-state index contributed by atoms with van der Waals surface area (Å²) in [7, 11) is 1.25. The van der Waals surface area contributed by atoms with E-state index < -0.39 is 17.8 Å². The minimum Gasteiger partial charge on any atom is -0.465 e. The van der Waals surface area contributed by atoms with Gasteiger partial charge in [-0.1, -0.05) is 53.5 Å². The van der Waals surface area contributed by atoms with Crippen molar-refractivity contribution in [2.75, 3.05) is 19.0 Å². The second kappa shape index (κ2) is 12.7. The van der Waals surface area contributed by atoms with Crippen molar-refractivity contribution in [2.45, 2.75) is 19.9 Å². The molecule has 0 saturated heterocycles. The van der Waals surface area contributed by atoms with Gasteiger partial charge in [0.15, 0.2) is 0 Å². The zero-order chi connectivity index (χ0) is 28.8. The topological polar surface area (TPSA) is 118 Å². The van der Waals surface area contributed by atoms with Crippen molar-refractivity contribution in [3.63, 3.8) is 0 Å². The van der Waals surface area contributed by atoms with E-state index in [0.717, 1.165) is 5.56 Å². The lowest BCUT2D eigenvalue weighted by atomic mass is 10.1. The summed E-state index contributed by atoms with van der Waals surface area (Å²) in [6.45, 7) is 1.99. The summed E-state index contributed by atoms with van der Waals surface area (Å²) in [5.74, 6) is -2.16. The summed E-state index contributed by atoms with van der Waals surface area (Å²) in [6, 6.07) is 17.3. The van der Waals surface area contributed by atoms with Crippen LogP contribution in [0.3, 0.4) is 0 Å². The zero-order valence-corrected chi connectivity index (χ0v) is 23.1. The molecule has 0 unspecified atom stereocenters. The third kappa shape index (κ3) is 6.62. The third-order valence-electron chi connectivity index (χ3n) is 6.14. The Morgan fingerprint density at radius 3 is 2.45 bits per heavy atom. The Morgan fingerprint density at radius 1 is 1.00 bits per heavy atom. The quantitative estimate of drug-likeness (QED) is 0.225. The molecule has 3 amide bonds. The van der Waals surface area contributed by atoms with Crippen molar-refractivity contribution < 1.29 is 28.3 Å². The zero-order valence-electron chi connectivity index (χ0n) is 21.6. The molecule has 0 atom stereocenters. The normalized spacial score (nSPS) is 14.1. The van der Waals surface area contributed by atoms with Crippen molar-refractivity contribution in [3.05, 3.63) is 105 Å². The molecule has 2 heterocycles. The molecule has 9 nitrogen and oxygen atoms in total. The SMILES string of the molecule is COC(=O)C1=C(C)N(CCc2ccccc2)C(=O)/C1=C/c1ccc(CNC(=O)C(=O)Nc2ccc(Cl)c(Cl)c2)o1. The number of hydrogen-bond acceptors (Lipinski definition) is 6. The Hall–Kier alpha value is -4.34. The lowest BCUT2D eigenvalue weighted by molar-refractivity contribution is -0.136. The number of carbonyl (C=O) groups excluding carboxylic acids is 4. The Balaban J connectivity index is 1.42. The number of nitrogens with one attached hydrogen (secondary N) is 2. The van der Waals surface area contributed by atoms with Crippen molar-refractivity contribution >= 4 is 58.7 Å². The molecule has 0 fully saturated rings. The fourth-order valence-corrected chi connectivity index (χ4v) is 4.40. The summed E-state index contributed by atoms with van der Waals surface area (Å²) < 4.78 is 10.7. The molecule has 0 spiro atoms. The van der Waals surface area contributed by atoms with E-state index in [1.165, 1.54) is 31.4 Å². The van der Waals surface area contributed by atoms with Crippen LogP contribution in [0, 0.1) is 0 Å². The fourth-order valence-electron chi connectivity index (χ4n) is 4.10. The summed E-state index contributed by atoms with van der Waals surface area (Å²) in [4.78, 5) is 51.9. The van der Waals surface area contributed by atoms with Gasteiger partial charge in [0.25, 0.3) is 5.91 Å². The maximum atomic E-state index is 13.3. The number of ether oxygens (including phenoxy) is 1. The predicted molar refractivity (Wildman–Crippen MR) is 150 cm³/mol. The molecule has 206 valence electrons. The van der Waals surface area contributed by atoms with Crippen molar-refractivity contribution in [2.24, 2.45) is 0 Å². The van der Waals surface area contributed by atoms with Crippen LogP contribution in [-0.2, 0) is 36.9 Å². The number of allylic oxidation sites excluding steroid dienone is 1. The fraction of sp³-hybridized carbons (Fsp3) is 0.172. The Labute approximate surface area is 240 Å². The molecule has 4 rings (SSSR count). The van der Waals surface area contributed by atoms with Crippen molar-refractivity contribution in [1.82, 2.24) is 10.2 Å². The molecule has 2 aromatic carbocycles. The van der Waals surface area contributed by atoms with Gasteiger partial charge in [0.1, 0.15) is 11.5 Å². The van der Waals surface area contributed by atoms with Gasteiger partial charge in [0, 0.05) is 17.9 Å². The van der Waals surface area contributed by atoms with Crippen LogP contribution in [0.1, 0.15) is 24.0 Å². The van der Waals surface area contributed by atoms with Gasteiger partial charge in [-0.15, -0.1) is 0 Å². The number of methoxy groups -OCH3 is 1. The molecular formula is C29H25Cl2N3O6. The molecule has 0 radical (unpaired) electrons. The van der Waals surface area contributed by atoms with Gasteiger partial charge in [-0.2, -0.15) is 0 Å². The summed E-state index contributed by atoms with van der Waals surface area (Å²) >= 11 is 11.8. The average Bonchev–Trinajstić information content (AvgIpc) is 3.49.